The van der Waals surface area contributed by atoms with Gasteiger partial charge in [-0.25, -0.2) is 8.78 Å². The largest absolute Gasteiger partial charge is 0.373 e. The quantitative estimate of drug-likeness (QED) is 0.262. The summed E-state index contributed by atoms with van der Waals surface area (Å²) in [6.45, 7) is 0. The van der Waals surface area contributed by atoms with E-state index in [2.05, 4.69) is 43.1 Å². The van der Waals surface area contributed by atoms with Crippen LogP contribution in [-0.4, -0.2) is 9.97 Å². The van der Waals surface area contributed by atoms with Gasteiger partial charge in [0.05, 0.1) is 51.6 Å². The van der Waals surface area contributed by atoms with E-state index >= 15 is 0 Å². The number of fused-ring (bicyclic) bond motifs is 1. The molecule has 0 unspecified atom stereocenters. The third kappa shape index (κ3) is 4.63. The lowest BCUT2D eigenvalue weighted by atomic mass is 10.0. The Bertz CT molecular complexity index is 1480. The van der Waals surface area contributed by atoms with Gasteiger partial charge >= 0.3 is 0 Å². The number of halogens is 3. The molecule has 1 aliphatic rings. The lowest BCUT2D eigenvalue weighted by Crippen LogP contribution is -2.33. The molecule has 1 atom stereocenters. The summed E-state index contributed by atoms with van der Waals surface area (Å²) >= 11 is 6.58. The zero-order valence-corrected chi connectivity index (χ0v) is 18.7. The van der Waals surface area contributed by atoms with Crippen molar-refractivity contribution in [1.82, 2.24) is 26.4 Å². The first-order valence-electron chi connectivity index (χ1n) is 10.4. The molecule has 1 aliphatic heterocycles. The smallest absolute Gasteiger partial charge is 0.143 e. The molecule has 0 bridgehead atoms. The molecule has 2 aromatic carbocycles. The topological polar surface area (TPSA) is 110 Å². The second-order valence-electron chi connectivity index (χ2n) is 7.65. The van der Waals surface area contributed by atoms with Crippen LogP contribution in [0.3, 0.4) is 0 Å². The Morgan fingerprint density at radius 2 is 1.83 bits per heavy atom. The number of benzene rings is 2. The van der Waals surface area contributed by atoms with E-state index in [0.717, 1.165) is 17.5 Å². The first-order valence-corrected chi connectivity index (χ1v) is 10.8. The van der Waals surface area contributed by atoms with E-state index in [4.69, 9.17) is 11.6 Å². The number of nitriles is 1. The molecule has 0 fully saturated rings. The van der Waals surface area contributed by atoms with E-state index in [1.807, 2.05) is 0 Å². The molecular weight excluding hydrogens is 474 g/mol. The molecule has 174 valence electrons. The van der Waals surface area contributed by atoms with Crippen LogP contribution in [0.2, 0.25) is 5.02 Å². The highest BCUT2D eigenvalue weighted by atomic mass is 35.5. The van der Waals surface area contributed by atoms with Crippen molar-refractivity contribution in [3.63, 3.8) is 0 Å². The molecule has 0 radical (unpaired) electrons. The Morgan fingerprint density at radius 1 is 1.00 bits per heavy atom. The standard InChI is InChI=1S/C24H17ClF2N8/c25-20-7-17(32-23(21-12-31-35-34-21)13-1-3-15(26)4-2-13)6-19-22(14(8-28)9-30-24(19)20)33-18-5-16(27)10-29-11-18/h1-7,9-12,23,31-32,34-35H,(H,30,33)/t23-/m0/s1. The number of hydrogen-bond donors (Lipinski definition) is 5. The summed E-state index contributed by atoms with van der Waals surface area (Å²) in [7, 11) is 0. The zero-order chi connectivity index (χ0) is 24.4. The molecule has 2 aromatic heterocycles. The van der Waals surface area contributed by atoms with Crippen molar-refractivity contribution in [1.29, 1.82) is 5.26 Å². The molecule has 35 heavy (non-hydrogen) atoms. The molecular formula is C24H17ClF2N8. The SMILES string of the molecule is N#Cc1cnc2c(Cl)cc(N[C@H](C3=CNNN3)c3ccc(F)cc3)cc2c1Nc1cncc(F)c1. The Balaban J connectivity index is 1.60. The van der Waals surface area contributed by atoms with Crippen molar-refractivity contribution < 1.29 is 8.78 Å². The van der Waals surface area contributed by atoms with E-state index in [1.165, 1.54) is 30.6 Å². The molecule has 8 nitrogen and oxygen atoms in total. The van der Waals surface area contributed by atoms with Gasteiger partial charge in [-0.15, -0.1) is 0 Å². The van der Waals surface area contributed by atoms with Gasteiger partial charge in [0.1, 0.15) is 17.7 Å². The molecule has 0 saturated heterocycles. The number of hydrazine groups is 2. The average molecular weight is 491 g/mol. The number of nitrogens with one attached hydrogen (secondary N) is 5. The van der Waals surface area contributed by atoms with Gasteiger partial charge in [-0.05, 0) is 29.8 Å². The molecule has 0 amide bonds. The molecule has 0 spiro atoms. The monoisotopic (exact) mass is 490 g/mol. The normalized spacial score (nSPS) is 13.4. The fourth-order valence-electron chi connectivity index (χ4n) is 3.76. The highest BCUT2D eigenvalue weighted by Crippen LogP contribution is 2.36. The van der Waals surface area contributed by atoms with Crippen molar-refractivity contribution >= 4 is 39.6 Å². The van der Waals surface area contributed by atoms with Gasteiger partial charge in [-0.2, -0.15) is 10.8 Å². The number of aromatic nitrogens is 2. The molecule has 0 saturated carbocycles. The van der Waals surface area contributed by atoms with Crippen LogP contribution >= 0.6 is 11.6 Å². The lowest BCUT2D eigenvalue weighted by molar-refractivity contribution is 0.582. The van der Waals surface area contributed by atoms with Crippen LogP contribution in [0.1, 0.15) is 17.2 Å². The Morgan fingerprint density at radius 3 is 2.54 bits per heavy atom. The van der Waals surface area contributed by atoms with Crippen molar-refractivity contribution in [2.75, 3.05) is 10.6 Å². The van der Waals surface area contributed by atoms with Gasteiger partial charge in [0, 0.05) is 29.5 Å². The van der Waals surface area contributed by atoms with Crippen molar-refractivity contribution in [3.05, 3.63) is 101 Å². The average Bonchev–Trinajstić information content (AvgIpc) is 3.38. The van der Waals surface area contributed by atoms with Gasteiger partial charge in [-0.1, -0.05) is 23.7 Å². The predicted molar refractivity (Wildman–Crippen MR) is 129 cm³/mol. The van der Waals surface area contributed by atoms with Crippen molar-refractivity contribution in [2.45, 2.75) is 6.04 Å². The van der Waals surface area contributed by atoms with Crippen LogP contribution < -0.4 is 27.0 Å². The van der Waals surface area contributed by atoms with E-state index in [1.54, 1.807) is 30.5 Å². The zero-order valence-electron chi connectivity index (χ0n) is 17.9. The Hall–Kier alpha value is -4.46. The minimum atomic E-state index is -0.519. The molecule has 3 heterocycles. The number of pyridine rings is 2. The fourth-order valence-corrected chi connectivity index (χ4v) is 4.03. The van der Waals surface area contributed by atoms with Crippen molar-refractivity contribution in [3.8, 4) is 6.07 Å². The van der Waals surface area contributed by atoms with Gasteiger partial charge < -0.3 is 21.5 Å². The summed E-state index contributed by atoms with van der Waals surface area (Å²) < 4.78 is 27.3. The predicted octanol–water partition coefficient (Wildman–Crippen LogP) is 4.78. The van der Waals surface area contributed by atoms with Crippen LogP contribution in [0, 0.1) is 23.0 Å². The summed E-state index contributed by atoms with van der Waals surface area (Å²) in [6, 6.07) is 12.6. The van der Waals surface area contributed by atoms with Crippen LogP contribution in [-0.2, 0) is 0 Å². The maximum atomic E-state index is 13.7. The fraction of sp³-hybridized carbons (Fsp3) is 0.0417. The molecule has 4 aromatic rings. The summed E-state index contributed by atoms with van der Waals surface area (Å²) in [4.78, 5) is 8.19. The Labute approximate surface area is 203 Å². The van der Waals surface area contributed by atoms with Crippen LogP contribution in [0.15, 0.2) is 73.0 Å². The van der Waals surface area contributed by atoms with E-state index in [0.29, 0.717) is 33.0 Å². The first kappa shape index (κ1) is 22.3. The van der Waals surface area contributed by atoms with Crippen LogP contribution in [0.4, 0.5) is 25.8 Å². The van der Waals surface area contributed by atoms with Crippen LogP contribution in [0.5, 0.6) is 0 Å². The highest BCUT2D eigenvalue weighted by molar-refractivity contribution is 6.36. The number of nitrogens with zero attached hydrogens (tertiary/aromatic N) is 3. The summed E-state index contributed by atoms with van der Waals surface area (Å²) in [5.41, 5.74) is 12.3. The van der Waals surface area contributed by atoms with Crippen molar-refractivity contribution in [2.24, 2.45) is 0 Å². The molecule has 5 rings (SSSR count). The number of rotatable bonds is 6. The van der Waals surface area contributed by atoms with E-state index in [9.17, 15) is 14.0 Å². The summed E-state index contributed by atoms with van der Waals surface area (Å²) in [5.74, 6) is -0.863. The van der Waals surface area contributed by atoms with Gasteiger partial charge in [0.15, 0.2) is 0 Å². The third-order valence-corrected chi connectivity index (χ3v) is 5.64. The second-order valence-corrected chi connectivity index (χ2v) is 8.06. The van der Waals surface area contributed by atoms with Gasteiger partial charge in [0.2, 0.25) is 0 Å². The molecule has 0 aliphatic carbocycles. The third-order valence-electron chi connectivity index (χ3n) is 5.35. The molecule has 5 N–H and O–H groups in total. The first-order chi connectivity index (χ1) is 17.0. The van der Waals surface area contributed by atoms with Gasteiger partial charge in [-0.3, -0.25) is 9.97 Å². The minimum absolute atomic E-state index is 0.249. The second kappa shape index (κ2) is 9.42. The number of hydrogen-bond acceptors (Lipinski definition) is 8. The maximum absolute atomic E-state index is 13.7. The van der Waals surface area contributed by atoms with Crippen LogP contribution in [0.25, 0.3) is 10.9 Å². The number of anilines is 3. The Kier molecular flexibility index (Phi) is 6.01. The van der Waals surface area contributed by atoms with E-state index in [-0.39, 0.29) is 11.4 Å². The maximum Gasteiger partial charge on any atom is 0.143 e. The van der Waals surface area contributed by atoms with Gasteiger partial charge in [0.25, 0.3) is 0 Å². The summed E-state index contributed by atoms with van der Waals surface area (Å²) in [6.07, 6.45) is 5.68. The molecule has 11 heteroatoms. The highest BCUT2D eigenvalue weighted by Gasteiger charge is 2.21. The van der Waals surface area contributed by atoms with E-state index < -0.39 is 11.9 Å². The summed E-state index contributed by atoms with van der Waals surface area (Å²) in [5, 5.41) is 17.0. The minimum Gasteiger partial charge on any atom is -0.373 e. The lowest BCUT2D eigenvalue weighted by Gasteiger charge is -2.22.